The van der Waals surface area contributed by atoms with E-state index in [1.165, 1.54) is 103 Å². The molecule has 0 heterocycles. The maximum Gasteiger partial charge on any atom is 0.306 e. The summed E-state index contributed by atoms with van der Waals surface area (Å²) in [6.45, 7) is 6.50. The fourth-order valence-electron chi connectivity index (χ4n) is 6.63. The first-order valence-electron chi connectivity index (χ1n) is 23.5. The first-order valence-corrected chi connectivity index (χ1v) is 23.5. The maximum atomic E-state index is 12.7. The molecule has 320 valence electrons. The van der Waals surface area contributed by atoms with Crippen LogP contribution in [0.2, 0.25) is 0 Å². The molecule has 0 aromatic heterocycles. The maximum absolute atomic E-state index is 12.7. The van der Waals surface area contributed by atoms with Crippen molar-refractivity contribution in [3.05, 3.63) is 36.5 Å². The molecule has 0 spiro atoms. The average Bonchev–Trinajstić information content (AvgIpc) is 3.18. The van der Waals surface area contributed by atoms with Gasteiger partial charge in [-0.2, -0.15) is 0 Å². The molecule has 0 saturated heterocycles. The molecule has 0 unspecified atom stereocenters. The van der Waals surface area contributed by atoms with Crippen molar-refractivity contribution in [2.24, 2.45) is 0 Å². The summed E-state index contributed by atoms with van der Waals surface area (Å²) in [4.78, 5) is 37.7. The Hall–Kier alpha value is -2.37. The third kappa shape index (κ3) is 42.6. The van der Waals surface area contributed by atoms with Gasteiger partial charge in [-0.3, -0.25) is 14.4 Å². The second kappa shape index (κ2) is 44.3. The summed E-state index contributed by atoms with van der Waals surface area (Å²) in [6, 6.07) is 0. The Morgan fingerprint density at radius 2 is 0.709 bits per heavy atom. The molecule has 0 aliphatic carbocycles. The van der Waals surface area contributed by atoms with Crippen molar-refractivity contribution in [2.75, 3.05) is 13.2 Å². The third-order valence-corrected chi connectivity index (χ3v) is 10.2. The van der Waals surface area contributed by atoms with Gasteiger partial charge in [0.05, 0.1) is 0 Å². The van der Waals surface area contributed by atoms with Crippen LogP contribution in [0.25, 0.3) is 0 Å². The summed E-state index contributed by atoms with van der Waals surface area (Å²) in [5.41, 5.74) is 0. The minimum atomic E-state index is -0.771. The van der Waals surface area contributed by atoms with Gasteiger partial charge >= 0.3 is 17.9 Å². The average molecular weight is 773 g/mol. The van der Waals surface area contributed by atoms with Crippen LogP contribution in [0.5, 0.6) is 0 Å². The lowest BCUT2D eigenvalue weighted by atomic mass is 10.1. The van der Waals surface area contributed by atoms with Crippen LogP contribution >= 0.6 is 0 Å². The molecule has 6 nitrogen and oxygen atoms in total. The third-order valence-electron chi connectivity index (χ3n) is 10.2. The van der Waals surface area contributed by atoms with Gasteiger partial charge in [0.1, 0.15) is 13.2 Å². The number of hydrogen-bond acceptors (Lipinski definition) is 6. The van der Waals surface area contributed by atoms with Gasteiger partial charge < -0.3 is 14.2 Å². The molecule has 1 atom stereocenters. The zero-order chi connectivity index (χ0) is 40.1. The zero-order valence-corrected chi connectivity index (χ0v) is 36.4. The standard InChI is InChI=1S/C49H88O6/c1-4-7-10-13-16-19-22-23-24-25-28-30-33-36-39-42-48(51)54-45-46(55-49(52)43-40-37-34-31-27-21-18-15-12-9-6-3)44-53-47(50)41-38-35-32-29-26-20-17-14-11-8-5-2/h7,10,16,19,23-24,46H,4-6,8-9,11-15,17-18,20-22,25-45H2,1-3H3/b10-7-,19-16-,24-23-/t46-/m0/s1. The summed E-state index contributed by atoms with van der Waals surface area (Å²) >= 11 is 0. The molecule has 0 fully saturated rings. The van der Waals surface area contributed by atoms with Crippen LogP contribution in [0.15, 0.2) is 36.5 Å². The van der Waals surface area contributed by atoms with Crippen molar-refractivity contribution >= 4 is 17.9 Å². The summed E-state index contributed by atoms with van der Waals surface area (Å²) in [5.74, 6) is -0.888. The van der Waals surface area contributed by atoms with Gasteiger partial charge in [-0.15, -0.1) is 0 Å². The molecular formula is C49H88O6. The predicted molar refractivity (Wildman–Crippen MR) is 233 cm³/mol. The molecule has 0 bridgehead atoms. The Morgan fingerprint density at radius 3 is 1.11 bits per heavy atom. The minimum Gasteiger partial charge on any atom is -0.462 e. The number of carbonyl (C=O) groups excluding carboxylic acids is 3. The van der Waals surface area contributed by atoms with E-state index in [9.17, 15) is 14.4 Å². The van der Waals surface area contributed by atoms with E-state index in [-0.39, 0.29) is 31.1 Å². The SMILES string of the molecule is CC/C=C\C/C=C\C/C=C\CCCCCCCC(=O)OC[C@H](COC(=O)CCCCCCCCCCCCC)OC(=O)CCCCCCCCCCCCC. The van der Waals surface area contributed by atoms with Crippen LogP contribution in [-0.2, 0) is 28.6 Å². The van der Waals surface area contributed by atoms with Gasteiger partial charge in [0.15, 0.2) is 6.10 Å². The lowest BCUT2D eigenvalue weighted by Crippen LogP contribution is -2.30. The Balaban J connectivity index is 4.37. The Morgan fingerprint density at radius 1 is 0.382 bits per heavy atom. The number of unbranched alkanes of at least 4 members (excludes halogenated alkanes) is 25. The molecule has 6 heteroatoms. The number of esters is 3. The van der Waals surface area contributed by atoms with Gasteiger partial charge in [-0.05, 0) is 51.4 Å². The lowest BCUT2D eigenvalue weighted by molar-refractivity contribution is -0.167. The summed E-state index contributed by atoms with van der Waals surface area (Å²) in [5, 5.41) is 0. The Bertz CT molecular complexity index is 938. The molecule has 0 aromatic carbocycles. The molecule has 0 aromatic rings. The molecule has 55 heavy (non-hydrogen) atoms. The van der Waals surface area contributed by atoms with E-state index < -0.39 is 6.10 Å². The number of ether oxygens (including phenoxy) is 3. The Kier molecular flexibility index (Phi) is 42.4. The molecule has 0 amide bonds. The topological polar surface area (TPSA) is 78.9 Å². The highest BCUT2D eigenvalue weighted by Gasteiger charge is 2.19. The van der Waals surface area contributed by atoms with Crippen LogP contribution in [0.1, 0.15) is 239 Å². The van der Waals surface area contributed by atoms with Crippen LogP contribution in [0, 0.1) is 0 Å². The molecular weight excluding hydrogens is 685 g/mol. The van der Waals surface area contributed by atoms with Crippen molar-refractivity contribution in [3.8, 4) is 0 Å². The first kappa shape index (κ1) is 52.6. The van der Waals surface area contributed by atoms with Crippen molar-refractivity contribution < 1.29 is 28.6 Å². The van der Waals surface area contributed by atoms with E-state index in [1.54, 1.807) is 0 Å². The molecule has 0 radical (unpaired) electrons. The lowest BCUT2D eigenvalue weighted by Gasteiger charge is -2.18. The summed E-state index contributed by atoms with van der Waals surface area (Å²) in [7, 11) is 0. The zero-order valence-electron chi connectivity index (χ0n) is 36.4. The van der Waals surface area contributed by atoms with Crippen LogP contribution in [0.3, 0.4) is 0 Å². The van der Waals surface area contributed by atoms with Crippen LogP contribution in [-0.4, -0.2) is 37.2 Å². The minimum absolute atomic E-state index is 0.0742. The van der Waals surface area contributed by atoms with Crippen molar-refractivity contribution in [1.29, 1.82) is 0 Å². The molecule has 0 saturated carbocycles. The summed E-state index contributed by atoms with van der Waals surface area (Å²) in [6.07, 6.45) is 49.8. The normalized spacial score (nSPS) is 12.3. The smallest absolute Gasteiger partial charge is 0.306 e. The fourth-order valence-corrected chi connectivity index (χ4v) is 6.63. The van der Waals surface area contributed by atoms with Gasteiger partial charge in [0, 0.05) is 19.3 Å². The van der Waals surface area contributed by atoms with E-state index >= 15 is 0 Å². The van der Waals surface area contributed by atoms with E-state index in [0.717, 1.165) is 96.3 Å². The largest absolute Gasteiger partial charge is 0.462 e. The van der Waals surface area contributed by atoms with E-state index in [0.29, 0.717) is 19.3 Å². The van der Waals surface area contributed by atoms with Gasteiger partial charge in [0.25, 0.3) is 0 Å². The van der Waals surface area contributed by atoms with Gasteiger partial charge in [-0.1, -0.05) is 205 Å². The molecule has 0 N–H and O–H groups in total. The van der Waals surface area contributed by atoms with E-state index in [1.807, 2.05) is 0 Å². The monoisotopic (exact) mass is 773 g/mol. The van der Waals surface area contributed by atoms with E-state index in [4.69, 9.17) is 14.2 Å². The highest BCUT2D eigenvalue weighted by atomic mass is 16.6. The number of carbonyl (C=O) groups is 3. The quantitative estimate of drug-likeness (QED) is 0.0266. The predicted octanol–water partition coefficient (Wildman–Crippen LogP) is 15.0. The van der Waals surface area contributed by atoms with Crippen LogP contribution < -0.4 is 0 Å². The van der Waals surface area contributed by atoms with Crippen molar-refractivity contribution in [2.45, 2.75) is 245 Å². The second-order valence-electron chi connectivity index (χ2n) is 15.6. The van der Waals surface area contributed by atoms with Crippen molar-refractivity contribution in [1.82, 2.24) is 0 Å². The van der Waals surface area contributed by atoms with Crippen molar-refractivity contribution in [3.63, 3.8) is 0 Å². The molecule has 0 rings (SSSR count). The highest BCUT2D eigenvalue weighted by molar-refractivity contribution is 5.71. The summed E-state index contributed by atoms with van der Waals surface area (Å²) < 4.78 is 16.7. The molecule has 0 aliphatic rings. The molecule has 0 aliphatic heterocycles. The van der Waals surface area contributed by atoms with Gasteiger partial charge in [0.2, 0.25) is 0 Å². The van der Waals surface area contributed by atoms with Gasteiger partial charge in [-0.25, -0.2) is 0 Å². The number of rotatable bonds is 42. The Labute approximate surface area is 340 Å². The number of allylic oxidation sites excluding steroid dienone is 6. The number of hydrogen-bond donors (Lipinski definition) is 0. The highest BCUT2D eigenvalue weighted by Crippen LogP contribution is 2.15. The van der Waals surface area contributed by atoms with E-state index in [2.05, 4.69) is 57.2 Å². The fraction of sp³-hybridized carbons (Fsp3) is 0.816. The van der Waals surface area contributed by atoms with Crippen LogP contribution in [0.4, 0.5) is 0 Å². The second-order valence-corrected chi connectivity index (χ2v) is 15.6. The first-order chi connectivity index (χ1) is 27.0.